The molecule has 4 rings (SSSR count). The number of aliphatic hydroxyl groups excluding tert-OH is 1. The van der Waals surface area contributed by atoms with E-state index in [0.717, 1.165) is 17.0 Å². The summed E-state index contributed by atoms with van der Waals surface area (Å²) in [6.07, 6.45) is 4.43. The predicted molar refractivity (Wildman–Crippen MR) is 126 cm³/mol. The van der Waals surface area contributed by atoms with Gasteiger partial charge in [-0.3, -0.25) is 15.1 Å². The van der Waals surface area contributed by atoms with Gasteiger partial charge in [-0.05, 0) is 24.3 Å². The minimum absolute atomic E-state index is 0.0762. The van der Waals surface area contributed by atoms with Crippen molar-refractivity contribution in [2.75, 3.05) is 12.4 Å². The van der Waals surface area contributed by atoms with Gasteiger partial charge in [0, 0.05) is 41.0 Å². The van der Waals surface area contributed by atoms with Crippen molar-refractivity contribution in [3.63, 3.8) is 0 Å². The summed E-state index contributed by atoms with van der Waals surface area (Å²) in [7, 11) is 1.52. The number of hydrogen-bond acceptors (Lipinski definition) is 10. The number of nitrogens with zero attached hydrogens (tertiary/aromatic N) is 5. The average molecular weight is 499 g/mol. The number of methoxy groups -OCH3 is 1. The number of halogens is 1. The number of aromatic nitrogens is 5. The molecule has 0 saturated carbocycles. The number of para-hydroxylation sites is 1. The van der Waals surface area contributed by atoms with Crippen LogP contribution in [0, 0.1) is 6.92 Å². The van der Waals surface area contributed by atoms with E-state index in [9.17, 15) is 9.90 Å². The highest BCUT2D eigenvalue weighted by Gasteiger charge is 2.20. The van der Waals surface area contributed by atoms with E-state index < -0.39 is 5.91 Å². The summed E-state index contributed by atoms with van der Waals surface area (Å²) in [5.74, 6) is 0.489. The third kappa shape index (κ3) is 5.28. The lowest BCUT2D eigenvalue weighted by atomic mass is 9.97. The topological polar surface area (TPSA) is 132 Å². The van der Waals surface area contributed by atoms with Gasteiger partial charge in [0.2, 0.25) is 5.13 Å². The number of carbonyl (C=O) groups is 1. The lowest BCUT2D eigenvalue weighted by Gasteiger charge is -2.15. The van der Waals surface area contributed by atoms with E-state index in [2.05, 4.69) is 30.5 Å². The van der Waals surface area contributed by atoms with Gasteiger partial charge in [0.15, 0.2) is 12.4 Å². The number of rotatable bonds is 8. The molecule has 0 atom stereocenters. The van der Waals surface area contributed by atoms with E-state index in [1.165, 1.54) is 25.7 Å². The lowest BCUT2D eigenvalue weighted by molar-refractivity contribution is 0.102. The zero-order chi connectivity index (χ0) is 24.1. The summed E-state index contributed by atoms with van der Waals surface area (Å²) in [4.78, 5) is 25.5. The monoisotopic (exact) mass is 498 g/mol. The Morgan fingerprint density at radius 1 is 1.15 bits per heavy atom. The maximum atomic E-state index is 13.1. The van der Waals surface area contributed by atoms with Crippen LogP contribution in [0.3, 0.4) is 0 Å². The van der Waals surface area contributed by atoms with Gasteiger partial charge in [-0.25, -0.2) is 9.97 Å². The Labute approximate surface area is 203 Å². The first kappa shape index (κ1) is 23.5. The van der Waals surface area contributed by atoms with Crippen molar-refractivity contribution in [3.8, 4) is 22.1 Å². The fourth-order valence-corrected chi connectivity index (χ4v) is 3.84. The molecular weight excluding hydrogens is 480 g/mol. The first-order chi connectivity index (χ1) is 16.5. The van der Waals surface area contributed by atoms with Gasteiger partial charge in [-0.2, -0.15) is 0 Å². The maximum absolute atomic E-state index is 13.1. The smallest absolute Gasteiger partial charge is 0.296 e. The van der Waals surface area contributed by atoms with E-state index in [1.807, 2.05) is 13.0 Å². The summed E-state index contributed by atoms with van der Waals surface area (Å²) in [5.41, 5.74) is 2.91. The molecule has 0 aliphatic heterocycles. The fraction of sp³-hybridized carbons (Fsp3) is 0.182. The van der Waals surface area contributed by atoms with E-state index in [4.69, 9.17) is 21.1 Å². The zero-order valence-corrected chi connectivity index (χ0v) is 19.7. The Morgan fingerprint density at radius 2 is 1.94 bits per heavy atom. The van der Waals surface area contributed by atoms with Crippen LogP contribution in [0.5, 0.6) is 10.9 Å². The third-order valence-corrected chi connectivity index (χ3v) is 5.62. The van der Waals surface area contributed by atoms with E-state index in [-0.39, 0.29) is 23.5 Å². The second kappa shape index (κ2) is 10.5. The molecule has 0 aliphatic rings. The number of benzene rings is 1. The predicted octanol–water partition coefficient (Wildman–Crippen LogP) is 3.68. The molecule has 0 unspecified atom stereocenters. The number of amides is 1. The van der Waals surface area contributed by atoms with Crippen molar-refractivity contribution in [2.45, 2.75) is 20.1 Å². The van der Waals surface area contributed by atoms with Crippen LogP contribution in [-0.2, 0) is 13.2 Å². The van der Waals surface area contributed by atoms with Crippen LogP contribution in [0.4, 0.5) is 5.13 Å². The minimum atomic E-state index is -0.428. The van der Waals surface area contributed by atoms with Gasteiger partial charge < -0.3 is 14.6 Å². The van der Waals surface area contributed by atoms with Crippen molar-refractivity contribution < 1.29 is 19.4 Å². The molecule has 1 amide bonds. The molecule has 10 nitrogen and oxygen atoms in total. The van der Waals surface area contributed by atoms with Crippen LogP contribution >= 0.6 is 22.9 Å². The van der Waals surface area contributed by atoms with Gasteiger partial charge in [0.05, 0.1) is 24.3 Å². The fourth-order valence-electron chi connectivity index (χ4n) is 3.15. The van der Waals surface area contributed by atoms with E-state index in [0.29, 0.717) is 38.9 Å². The maximum Gasteiger partial charge on any atom is 0.296 e. The van der Waals surface area contributed by atoms with Gasteiger partial charge >= 0.3 is 0 Å². The molecule has 3 aromatic heterocycles. The number of hydrogen-bond donors (Lipinski definition) is 2. The van der Waals surface area contributed by atoms with Gasteiger partial charge in [-0.1, -0.05) is 34.9 Å². The van der Waals surface area contributed by atoms with Crippen molar-refractivity contribution in [1.82, 2.24) is 25.1 Å². The minimum Gasteiger partial charge on any atom is -0.496 e. The standard InChI is InChI=1S/C22H19ClN6O4S/c1-12-6-16(15-5-3-4-13(10-30)19(15)32-2)17(9-24-12)20(31)27-21-28-29-22(34-21)33-11-18-25-7-14(23)8-26-18/h3-9,30H,10-11H2,1-2H3,(H,27,28,31). The first-order valence-corrected chi connectivity index (χ1v) is 11.2. The largest absolute Gasteiger partial charge is 0.496 e. The molecule has 12 heteroatoms. The van der Waals surface area contributed by atoms with Gasteiger partial charge in [0.1, 0.15) is 5.75 Å². The highest BCUT2D eigenvalue weighted by atomic mass is 35.5. The molecule has 0 bridgehead atoms. The second-order valence-corrected chi connectivity index (χ2v) is 8.34. The van der Waals surface area contributed by atoms with Crippen LogP contribution in [0.1, 0.15) is 27.4 Å². The Balaban J connectivity index is 1.54. The number of aliphatic hydroxyl groups is 1. The molecule has 1 aromatic carbocycles. The molecule has 2 N–H and O–H groups in total. The number of ether oxygens (including phenoxy) is 2. The Bertz CT molecular complexity index is 1320. The molecule has 174 valence electrons. The molecule has 4 aromatic rings. The zero-order valence-electron chi connectivity index (χ0n) is 18.1. The molecular formula is C22H19ClN6O4S. The number of carbonyl (C=O) groups excluding carboxylic acids is 1. The average Bonchev–Trinajstić information content (AvgIpc) is 3.30. The quantitative estimate of drug-likeness (QED) is 0.373. The molecule has 34 heavy (non-hydrogen) atoms. The molecule has 0 saturated heterocycles. The molecule has 3 heterocycles. The summed E-state index contributed by atoms with van der Waals surface area (Å²) in [6, 6.07) is 7.15. The highest BCUT2D eigenvalue weighted by Crippen LogP contribution is 2.36. The summed E-state index contributed by atoms with van der Waals surface area (Å²) in [5, 5.41) is 21.2. The van der Waals surface area contributed by atoms with Crippen LogP contribution < -0.4 is 14.8 Å². The van der Waals surface area contributed by atoms with Crippen molar-refractivity contribution in [1.29, 1.82) is 0 Å². The molecule has 0 aliphatic carbocycles. The van der Waals surface area contributed by atoms with Crippen LogP contribution in [0.25, 0.3) is 11.1 Å². The van der Waals surface area contributed by atoms with Gasteiger partial charge in [-0.15, -0.1) is 5.10 Å². The Kier molecular flexibility index (Phi) is 7.26. The second-order valence-electron chi connectivity index (χ2n) is 6.96. The van der Waals surface area contributed by atoms with E-state index >= 15 is 0 Å². The summed E-state index contributed by atoms with van der Waals surface area (Å²) < 4.78 is 11.1. The number of pyridine rings is 1. The molecule has 0 fully saturated rings. The van der Waals surface area contributed by atoms with Gasteiger partial charge in [0.25, 0.3) is 11.1 Å². The third-order valence-electron chi connectivity index (χ3n) is 4.67. The highest BCUT2D eigenvalue weighted by molar-refractivity contribution is 7.17. The van der Waals surface area contributed by atoms with E-state index in [1.54, 1.807) is 18.2 Å². The van der Waals surface area contributed by atoms with Crippen LogP contribution in [0.15, 0.2) is 42.9 Å². The van der Waals surface area contributed by atoms with Crippen LogP contribution in [0.2, 0.25) is 5.02 Å². The number of nitrogens with one attached hydrogen (secondary N) is 1. The van der Waals surface area contributed by atoms with Crippen molar-refractivity contribution >= 4 is 34.0 Å². The summed E-state index contributed by atoms with van der Waals surface area (Å²) >= 11 is 6.83. The SMILES string of the molecule is COc1c(CO)cccc1-c1cc(C)ncc1C(=O)Nc1nnc(OCc2ncc(Cl)cn2)s1. The first-order valence-electron chi connectivity index (χ1n) is 9.96. The van der Waals surface area contributed by atoms with Crippen molar-refractivity contribution in [2.24, 2.45) is 0 Å². The number of aryl methyl sites for hydroxylation is 1. The normalized spacial score (nSPS) is 10.7. The molecule has 0 spiro atoms. The number of anilines is 1. The Morgan fingerprint density at radius 3 is 2.68 bits per heavy atom. The Hall–Kier alpha value is -3.67. The summed E-state index contributed by atoms with van der Waals surface area (Å²) in [6.45, 7) is 1.70. The lowest BCUT2D eigenvalue weighted by Crippen LogP contribution is -2.14. The van der Waals surface area contributed by atoms with Crippen LogP contribution in [-0.4, -0.2) is 43.3 Å². The van der Waals surface area contributed by atoms with Crippen molar-refractivity contribution in [3.05, 3.63) is 70.5 Å². The molecule has 0 radical (unpaired) electrons.